The molecule has 0 amide bonds. The second-order valence-corrected chi connectivity index (χ2v) is 4.65. The highest BCUT2D eigenvalue weighted by Crippen LogP contribution is 2.20. The van der Waals surface area contributed by atoms with E-state index in [2.05, 4.69) is 17.1 Å². The van der Waals surface area contributed by atoms with Crippen molar-refractivity contribution in [3.63, 3.8) is 0 Å². The van der Waals surface area contributed by atoms with Gasteiger partial charge in [-0.2, -0.15) is 0 Å². The predicted octanol–water partition coefficient (Wildman–Crippen LogP) is 2.73. The molecule has 0 aliphatic rings. The Kier molecular flexibility index (Phi) is 3.06. The minimum atomic E-state index is 0.0144. The average Bonchev–Trinajstić information content (AvgIpc) is 2.63. The van der Waals surface area contributed by atoms with Crippen molar-refractivity contribution in [2.45, 2.75) is 10.8 Å². The lowest BCUT2D eigenvalue weighted by Gasteiger charge is -1.97. The molecule has 2 rings (SSSR count). The van der Waals surface area contributed by atoms with Crippen LogP contribution in [-0.2, 0) is 5.75 Å². The Hall–Kier alpha value is -1.00. The lowest BCUT2D eigenvalue weighted by atomic mass is 10.2. The zero-order valence-electron chi connectivity index (χ0n) is 7.40. The summed E-state index contributed by atoms with van der Waals surface area (Å²) in [4.78, 5) is 13.6. The molecule has 1 heterocycles. The second kappa shape index (κ2) is 4.48. The van der Waals surface area contributed by atoms with Crippen LogP contribution in [0.1, 0.15) is 5.56 Å². The first kappa shape index (κ1) is 9.55. The third-order valence-electron chi connectivity index (χ3n) is 1.74. The van der Waals surface area contributed by atoms with Crippen molar-refractivity contribution in [2.24, 2.45) is 0 Å². The largest absolute Gasteiger partial charge is 0.307 e. The molecule has 0 aliphatic carbocycles. The van der Waals surface area contributed by atoms with Crippen molar-refractivity contribution in [3.8, 4) is 0 Å². The van der Waals surface area contributed by atoms with Crippen LogP contribution in [-0.4, -0.2) is 4.98 Å². The van der Waals surface area contributed by atoms with Gasteiger partial charge in [-0.15, -0.1) is 11.8 Å². The van der Waals surface area contributed by atoms with Crippen LogP contribution in [0.2, 0.25) is 0 Å². The Morgan fingerprint density at radius 1 is 1.29 bits per heavy atom. The van der Waals surface area contributed by atoms with Crippen molar-refractivity contribution in [3.05, 3.63) is 50.9 Å². The Bertz CT molecular complexity index is 446. The summed E-state index contributed by atoms with van der Waals surface area (Å²) in [6, 6.07) is 10.2. The molecule has 0 atom stereocenters. The fourth-order valence-electron chi connectivity index (χ4n) is 1.07. The van der Waals surface area contributed by atoms with E-state index in [1.807, 2.05) is 23.6 Å². The first-order valence-electron chi connectivity index (χ1n) is 4.19. The van der Waals surface area contributed by atoms with Crippen LogP contribution in [0.15, 0.2) is 45.5 Å². The topological polar surface area (TPSA) is 32.9 Å². The Morgan fingerprint density at radius 2 is 2.07 bits per heavy atom. The predicted molar refractivity (Wildman–Crippen MR) is 60.9 cm³/mol. The molecular weight excluding hydrogens is 214 g/mol. The van der Waals surface area contributed by atoms with E-state index in [9.17, 15) is 4.79 Å². The van der Waals surface area contributed by atoms with E-state index in [1.54, 1.807) is 11.8 Å². The normalized spacial score (nSPS) is 10.3. The van der Waals surface area contributed by atoms with E-state index in [0.29, 0.717) is 0 Å². The number of H-pyrrole nitrogens is 1. The summed E-state index contributed by atoms with van der Waals surface area (Å²) >= 11 is 2.86. The van der Waals surface area contributed by atoms with E-state index in [4.69, 9.17) is 0 Å². The summed E-state index contributed by atoms with van der Waals surface area (Å²) in [5, 5.41) is 2.81. The zero-order valence-corrected chi connectivity index (χ0v) is 9.03. The highest BCUT2D eigenvalue weighted by molar-refractivity contribution is 7.98. The van der Waals surface area contributed by atoms with Crippen LogP contribution in [0.3, 0.4) is 0 Å². The molecule has 0 saturated carbocycles. The maximum atomic E-state index is 10.9. The molecule has 4 heteroatoms. The molecule has 14 heavy (non-hydrogen) atoms. The quantitative estimate of drug-likeness (QED) is 0.812. The Labute approximate surface area is 90.0 Å². The monoisotopic (exact) mass is 223 g/mol. The molecule has 1 N–H and O–H groups in total. The Balaban J connectivity index is 1.98. The van der Waals surface area contributed by atoms with Gasteiger partial charge in [0.15, 0.2) is 0 Å². The molecule has 72 valence electrons. The fraction of sp³-hybridized carbons (Fsp3) is 0.100. The van der Waals surface area contributed by atoms with E-state index in [0.717, 1.165) is 10.8 Å². The van der Waals surface area contributed by atoms with Crippen molar-refractivity contribution in [1.29, 1.82) is 0 Å². The van der Waals surface area contributed by atoms with Crippen molar-refractivity contribution in [1.82, 2.24) is 4.98 Å². The number of rotatable bonds is 3. The van der Waals surface area contributed by atoms with Crippen LogP contribution in [0, 0.1) is 0 Å². The van der Waals surface area contributed by atoms with Gasteiger partial charge in [0.2, 0.25) is 0 Å². The van der Waals surface area contributed by atoms with Gasteiger partial charge in [-0.25, -0.2) is 0 Å². The molecule has 0 saturated heterocycles. The number of aromatic nitrogens is 1. The summed E-state index contributed by atoms with van der Waals surface area (Å²) < 4.78 is 0. The van der Waals surface area contributed by atoms with Gasteiger partial charge in [-0.3, -0.25) is 4.79 Å². The number of aromatic amines is 1. The van der Waals surface area contributed by atoms with Crippen LogP contribution in [0.4, 0.5) is 0 Å². The number of thiazole rings is 1. The SMILES string of the molecule is O=c1[nH]c(SCc2ccccc2)cs1. The molecule has 0 radical (unpaired) electrons. The highest BCUT2D eigenvalue weighted by atomic mass is 32.2. The van der Waals surface area contributed by atoms with Gasteiger partial charge in [-0.1, -0.05) is 41.7 Å². The number of nitrogens with one attached hydrogen (secondary N) is 1. The van der Waals surface area contributed by atoms with Crippen LogP contribution >= 0.6 is 23.1 Å². The van der Waals surface area contributed by atoms with E-state index >= 15 is 0 Å². The lowest BCUT2D eigenvalue weighted by molar-refractivity contribution is 1.16. The maximum absolute atomic E-state index is 10.9. The van der Waals surface area contributed by atoms with Gasteiger partial charge in [-0.05, 0) is 5.56 Å². The molecule has 1 aromatic heterocycles. The lowest BCUT2D eigenvalue weighted by Crippen LogP contribution is -1.91. The molecule has 0 spiro atoms. The smallest absolute Gasteiger partial charge is 0.305 e. The van der Waals surface area contributed by atoms with Crippen LogP contribution in [0.5, 0.6) is 0 Å². The van der Waals surface area contributed by atoms with Crippen molar-refractivity contribution < 1.29 is 0 Å². The molecule has 0 fully saturated rings. The summed E-state index contributed by atoms with van der Waals surface area (Å²) in [5.41, 5.74) is 1.27. The number of hydrogen-bond acceptors (Lipinski definition) is 3. The minimum Gasteiger partial charge on any atom is -0.307 e. The van der Waals surface area contributed by atoms with Crippen molar-refractivity contribution in [2.75, 3.05) is 0 Å². The minimum absolute atomic E-state index is 0.0144. The molecule has 0 unspecified atom stereocenters. The standard InChI is InChI=1S/C10H9NOS2/c12-10-11-9(7-14-10)13-6-8-4-2-1-3-5-8/h1-5,7H,6H2,(H,11,12). The average molecular weight is 223 g/mol. The van der Waals surface area contributed by atoms with Crippen LogP contribution < -0.4 is 4.87 Å². The van der Waals surface area contributed by atoms with Crippen molar-refractivity contribution >= 4 is 23.1 Å². The van der Waals surface area contributed by atoms with Gasteiger partial charge in [0.25, 0.3) is 0 Å². The van der Waals surface area contributed by atoms with E-state index in [-0.39, 0.29) is 4.87 Å². The van der Waals surface area contributed by atoms with E-state index in [1.165, 1.54) is 16.9 Å². The van der Waals surface area contributed by atoms with Gasteiger partial charge >= 0.3 is 4.87 Å². The van der Waals surface area contributed by atoms with E-state index < -0.39 is 0 Å². The first-order valence-corrected chi connectivity index (χ1v) is 6.05. The number of hydrogen-bond donors (Lipinski definition) is 1. The molecular formula is C10H9NOS2. The van der Waals surface area contributed by atoms with Gasteiger partial charge in [0.1, 0.15) is 0 Å². The second-order valence-electron chi connectivity index (χ2n) is 2.79. The summed E-state index contributed by atoms with van der Waals surface area (Å²) in [6.07, 6.45) is 0. The maximum Gasteiger partial charge on any atom is 0.305 e. The van der Waals surface area contributed by atoms with Gasteiger partial charge in [0.05, 0.1) is 5.03 Å². The Morgan fingerprint density at radius 3 is 2.71 bits per heavy atom. The molecule has 2 aromatic rings. The third kappa shape index (κ3) is 2.49. The molecule has 0 bridgehead atoms. The number of benzene rings is 1. The van der Waals surface area contributed by atoms with Crippen LogP contribution in [0.25, 0.3) is 0 Å². The van der Waals surface area contributed by atoms with Gasteiger partial charge < -0.3 is 4.98 Å². The molecule has 2 nitrogen and oxygen atoms in total. The molecule has 1 aromatic carbocycles. The summed E-state index contributed by atoms with van der Waals surface area (Å²) in [5.74, 6) is 0.896. The highest BCUT2D eigenvalue weighted by Gasteiger charge is 1.97. The number of thioether (sulfide) groups is 1. The summed E-state index contributed by atoms with van der Waals surface area (Å²) in [7, 11) is 0. The van der Waals surface area contributed by atoms with Gasteiger partial charge in [0, 0.05) is 11.1 Å². The zero-order chi connectivity index (χ0) is 9.80. The fourth-order valence-corrected chi connectivity index (χ4v) is 2.67. The molecule has 0 aliphatic heterocycles. The third-order valence-corrected chi connectivity index (χ3v) is 3.56. The summed E-state index contributed by atoms with van der Waals surface area (Å²) in [6.45, 7) is 0. The first-order chi connectivity index (χ1) is 6.84.